The van der Waals surface area contributed by atoms with Gasteiger partial charge in [-0.3, -0.25) is 9.20 Å². The first-order valence-corrected chi connectivity index (χ1v) is 8.23. The van der Waals surface area contributed by atoms with Crippen molar-refractivity contribution in [2.24, 2.45) is 0 Å². The lowest BCUT2D eigenvalue weighted by Crippen LogP contribution is -2.00. The van der Waals surface area contributed by atoms with Gasteiger partial charge in [0, 0.05) is 23.7 Å². The van der Waals surface area contributed by atoms with Crippen molar-refractivity contribution in [1.29, 1.82) is 0 Å². The first-order valence-electron chi connectivity index (χ1n) is 8.23. The molecule has 0 aliphatic carbocycles. The quantitative estimate of drug-likeness (QED) is 0.532. The van der Waals surface area contributed by atoms with Crippen molar-refractivity contribution in [1.82, 2.24) is 9.38 Å². The van der Waals surface area contributed by atoms with Crippen LogP contribution < -0.4 is 5.32 Å². The third-order valence-electron chi connectivity index (χ3n) is 3.88. The van der Waals surface area contributed by atoms with Crippen molar-refractivity contribution in [3.63, 3.8) is 0 Å². The zero-order valence-corrected chi connectivity index (χ0v) is 14.7. The van der Waals surface area contributed by atoms with Gasteiger partial charge in [0.25, 0.3) is 0 Å². The molecule has 0 bridgehead atoms. The molecule has 1 N–H and O–H groups in total. The van der Waals surface area contributed by atoms with E-state index in [1.165, 1.54) is 5.56 Å². The Morgan fingerprint density at radius 3 is 2.60 bits per heavy atom. The van der Waals surface area contributed by atoms with E-state index in [2.05, 4.69) is 29.4 Å². The second-order valence-corrected chi connectivity index (χ2v) is 5.95. The third kappa shape index (κ3) is 3.69. The molecule has 0 amide bonds. The molecule has 0 radical (unpaired) electrons. The number of carbonyl (C=O) groups excluding carboxylic acids is 1. The highest BCUT2D eigenvalue weighted by atomic mass is 16.1. The van der Waals surface area contributed by atoms with Crippen LogP contribution in [0.25, 0.3) is 11.2 Å². The van der Waals surface area contributed by atoms with Crippen LogP contribution in [0.3, 0.4) is 0 Å². The average molecular weight is 331 g/mol. The van der Waals surface area contributed by atoms with Crippen LogP contribution in [0.2, 0.25) is 0 Å². The van der Waals surface area contributed by atoms with Crippen molar-refractivity contribution < 1.29 is 4.79 Å². The number of aromatic nitrogens is 2. The van der Waals surface area contributed by atoms with Crippen LogP contribution >= 0.6 is 0 Å². The molecule has 0 atom stereocenters. The van der Waals surface area contributed by atoms with Gasteiger partial charge >= 0.3 is 0 Å². The van der Waals surface area contributed by atoms with Gasteiger partial charge in [0.05, 0.1) is 11.4 Å². The highest BCUT2D eigenvalue weighted by Crippen LogP contribution is 2.26. The predicted octanol–water partition coefficient (Wildman–Crippen LogP) is 4.93. The van der Waals surface area contributed by atoms with Crippen LogP contribution in [0.1, 0.15) is 25.1 Å². The molecule has 4 nitrogen and oxygen atoms in total. The van der Waals surface area contributed by atoms with Gasteiger partial charge in [-0.05, 0) is 51.1 Å². The molecule has 1 aromatic carbocycles. The van der Waals surface area contributed by atoms with E-state index in [0.29, 0.717) is 0 Å². The summed E-state index contributed by atoms with van der Waals surface area (Å²) in [6.45, 7) is 5.56. The monoisotopic (exact) mass is 331 g/mol. The number of allylic oxidation sites excluding steroid dienone is 4. The summed E-state index contributed by atoms with van der Waals surface area (Å²) in [5.41, 5.74) is 5.75. The maximum absolute atomic E-state index is 11.6. The molecule has 3 rings (SSSR count). The molecule has 25 heavy (non-hydrogen) atoms. The first kappa shape index (κ1) is 16.7. The van der Waals surface area contributed by atoms with Gasteiger partial charge in [0.1, 0.15) is 0 Å². The number of carbonyl (C=O) groups is 1. The van der Waals surface area contributed by atoms with E-state index < -0.39 is 0 Å². The Hall–Kier alpha value is -3.14. The fourth-order valence-electron chi connectivity index (χ4n) is 2.75. The number of benzene rings is 1. The van der Waals surface area contributed by atoms with Crippen LogP contribution in [0.15, 0.2) is 67.0 Å². The van der Waals surface area contributed by atoms with Crippen molar-refractivity contribution in [2.75, 3.05) is 5.32 Å². The molecule has 2 aromatic heterocycles. The molecule has 0 spiro atoms. The van der Waals surface area contributed by atoms with Crippen LogP contribution in [0, 0.1) is 6.92 Å². The van der Waals surface area contributed by atoms with Gasteiger partial charge in [-0.1, -0.05) is 29.8 Å². The second kappa shape index (κ2) is 7.18. The molecular weight excluding hydrogens is 310 g/mol. The van der Waals surface area contributed by atoms with Crippen LogP contribution in [-0.4, -0.2) is 15.2 Å². The summed E-state index contributed by atoms with van der Waals surface area (Å²) in [6.07, 6.45) is 9.17. The molecule has 0 aliphatic rings. The number of fused-ring (bicyclic) bond motifs is 1. The number of anilines is 2. The summed E-state index contributed by atoms with van der Waals surface area (Å²) in [4.78, 5) is 16.0. The zero-order chi connectivity index (χ0) is 17.8. The second-order valence-electron chi connectivity index (χ2n) is 5.95. The van der Waals surface area contributed by atoms with Crippen LogP contribution in [-0.2, 0) is 4.79 Å². The smallest absolute Gasteiger partial charge is 0.161 e. The molecule has 4 heteroatoms. The van der Waals surface area contributed by atoms with E-state index in [9.17, 15) is 4.79 Å². The number of rotatable bonds is 5. The van der Waals surface area contributed by atoms with Gasteiger partial charge in [-0.25, -0.2) is 4.98 Å². The Labute approximate surface area is 147 Å². The maximum atomic E-state index is 11.6. The van der Waals surface area contributed by atoms with Crippen molar-refractivity contribution >= 4 is 28.4 Å². The summed E-state index contributed by atoms with van der Waals surface area (Å²) in [5.74, 6) is 0.0169. The molecule has 0 saturated heterocycles. The summed E-state index contributed by atoms with van der Waals surface area (Å²) in [5, 5.41) is 3.41. The zero-order valence-electron chi connectivity index (χ0n) is 14.7. The Morgan fingerprint density at radius 2 is 1.92 bits per heavy atom. The van der Waals surface area contributed by atoms with Crippen molar-refractivity contribution in [3.05, 3.63) is 78.3 Å². The van der Waals surface area contributed by atoms with E-state index >= 15 is 0 Å². The number of aryl methyl sites for hydroxylation is 1. The fraction of sp³-hybridized carbons (Fsp3) is 0.143. The molecule has 126 valence electrons. The normalized spacial score (nSPS) is 12.0. The Balaban J connectivity index is 2.06. The van der Waals surface area contributed by atoms with E-state index in [1.807, 2.05) is 53.9 Å². The SMILES string of the molecule is C/C=C\C(=C/C(C)=O)c1ccc(Nc2ccc(C)cc2)c2nccn12. The number of nitrogens with zero attached hydrogens (tertiary/aromatic N) is 2. The molecule has 0 unspecified atom stereocenters. The molecular formula is C21H21N3O. The third-order valence-corrected chi connectivity index (χ3v) is 3.88. The Bertz CT molecular complexity index is 962. The van der Waals surface area contributed by atoms with E-state index in [1.54, 1.807) is 19.2 Å². The largest absolute Gasteiger partial charge is 0.352 e. The van der Waals surface area contributed by atoms with Crippen molar-refractivity contribution in [2.45, 2.75) is 20.8 Å². The summed E-state index contributed by atoms with van der Waals surface area (Å²) in [6, 6.07) is 12.2. The minimum atomic E-state index is 0.0169. The fourth-order valence-corrected chi connectivity index (χ4v) is 2.75. The maximum Gasteiger partial charge on any atom is 0.161 e. The van der Waals surface area contributed by atoms with E-state index in [0.717, 1.165) is 28.3 Å². The number of pyridine rings is 1. The van der Waals surface area contributed by atoms with Gasteiger partial charge in [0.15, 0.2) is 11.4 Å². The van der Waals surface area contributed by atoms with Gasteiger partial charge < -0.3 is 5.32 Å². The first-order chi connectivity index (χ1) is 12.1. The van der Waals surface area contributed by atoms with Gasteiger partial charge in [0.2, 0.25) is 0 Å². The summed E-state index contributed by atoms with van der Waals surface area (Å²) >= 11 is 0. The topological polar surface area (TPSA) is 46.4 Å². The van der Waals surface area contributed by atoms with E-state index in [-0.39, 0.29) is 5.78 Å². The minimum absolute atomic E-state index is 0.0169. The highest BCUT2D eigenvalue weighted by Gasteiger charge is 2.10. The Kier molecular flexibility index (Phi) is 4.80. The van der Waals surface area contributed by atoms with Gasteiger partial charge in [-0.2, -0.15) is 0 Å². The van der Waals surface area contributed by atoms with E-state index in [4.69, 9.17) is 0 Å². The number of imidazole rings is 1. The lowest BCUT2D eigenvalue weighted by molar-refractivity contribution is -0.112. The standard InChI is InChI=1S/C21H21N3O/c1-4-5-17(14-16(3)25)20-11-10-19(21-22-12-13-24(20)21)23-18-8-6-15(2)7-9-18/h4-14,23H,1-3H3/b5-4-,17-14+. The molecule has 2 heterocycles. The number of nitrogens with one attached hydrogen (secondary N) is 1. The average Bonchev–Trinajstić information content (AvgIpc) is 3.06. The minimum Gasteiger partial charge on any atom is -0.352 e. The molecule has 0 fully saturated rings. The molecule has 3 aromatic rings. The number of hydrogen-bond acceptors (Lipinski definition) is 3. The molecule has 0 saturated carbocycles. The van der Waals surface area contributed by atoms with Crippen LogP contribution in [0.5, 0.6) is 0 Å². The lowest BCUT2D eigenvalue weighted by atomic mass is 10.1. The highest BCUT2D eigenvalue weighted by molar-refractivity contribution is 5.97. The summed E-state index contributed by atoms with van der Waals surface area (Å²) in [7, 11) is 0. The molecule has 0 aliphatic heterocycles. The predicted molar refractivity (Wildman–Crippen MR) is 103 cm³/mol. The van der Waals surface area contributed by atoms with Crippen LogP contribution in [0.4, 0.5) is 11.4 Å². The number of ketones is 1. The lowest BCUT2D eigenvalue weighted by Gasteiger charge is -2.12. The number of hydrogen-bond donors (Lipinski definition) is 1. The van der Waals surface area contributed by atoms with Gasteiger partial charge in [-0.15, -0.1) is 0 Å². The van der Waals surface area contributed by atoms with Crippen molar-refractivity contribution in [3.8, 4) is 0 Å². The summed E-state index contributed by atoms with van der Waals surface area (Å²) < 4.78 is 1.99. The Morgan fingerprint density at radius 1 is 1.16 bits per heavy atom.